The summed E-state index contributed by atoms with van der Waals surface area (Å²) in [6.07, 6.45) is 0.0884. The van der Waals surface area contributed by atoms with E-state index in [1.165, 1.54) is 0 Å². The van der Waals surface area contributed by atoms with E-state index in [0.717, 1.165) is 0 Å². The number of amides is 2. The molecular weight excluding hydrogens is 198 g/mol. The fourth-order valence-corrected chi connectivity index (χ4v) is 1.25. The van der Waals surface area contributed by atoms with Crippen molar-refractivity contribution >= 4 is 17.8 Å². The summed E-state index contributed by atoms with van der Waals surface area (Å²) < 4.78 is 0. The summed E-state index contributed by atoms with van der Waals surface area (Å²) in [7, 11) is 0. The number of aliphatic hydroxyl groups excluding tert-OH is 1. The lowest BCUT2D eigenvalue weighted by Gasteiger charge is -2.10. The Bertz CT molecular complexity index is 281. The summed E-state index contributed by atoms with van der Waals surface area (Å²) in [5.74, 6) is -0.931. The van der Waals surface area contributed by atoms with Crippen LogP contribution in [0.3, 0.4) is 0 Å². The standard InChI is InChI=1S/C9H15N3O3/c1-5(2)3-6(13)4-10-9-11-7(14)8(15)12-9/h5-6,13H,3-4H2,1-2H3,(H2,10,11,12,14,15). The molecule has 0 aliphatic carbocycles. The zero-order chi connectivity index (χ0) is 11.4. The highest BCUT2D eigenvalue weighted by atomic mass is 16.3. The molecule has 1 aliphatic heterocycles. The minimum absolute atomic E-state index is 0.118. The lowest BCUT2D eigenvalue weighted by atomic mass is 10.1. The van der Waals surface area contributed by atoms with Gasteiger partial charge < -0.3 is 5.11 Å². The molecule has 0 aromatic heterocycles. The molecule has 2 amide bonds. The van der Waals surface area contributed by atoms with Crippen molar-refractivity contribution < 1.29 is 14.7 Å². The first-order chi connectivity index (χ1) is 6.99. The van der Waals surface area contributed by atoms with Gasteiger partial charge in [0.05, 0.1) is 12.6 Å². The summed E-state index contributed by atoms with van der Waals surface area (Å²) in [5, 5.41) is 14.0. The van der Waals surface area contributed by atoms with E-state index in [-0.39, 0.29) is 12.5 Å². The largest absolute Gasteiger partial charge is 0.391 e. The molecule has 0 spiro atoms. The van der Waals surface area contributed by atoms with Gasteiger partial charge in [0.25, 0.3) is 0 Å². The van der Waals surface area contributed by atoms with Crippen LogP contribution in [-0.4, -0.2) is 35.5 Å². The van der Waals surface area contributed by atoms with Crippen LogP contribution < -0.4 is 10.6 Å². The molecule has 6 heteroatoms. The Morgan fingerprint density at radius 2 is 1.80 bits per heavy atom. The second-order valence-corrected chi connectivity index (χ2v) is 3.88. The highest BCUT2D eigenvalue weighted by Crippen LogP contribution is 2.04. The van der Waals surface area contributed by atoms with Crippen LogP contribution in [0.5, 0.6) is 0 Å². The molecule has 1 heterocycles. The molecule has 84 valence electrons. The monoisotopic (exact) mass is 213 g/mol. The van der Waals surface area contributed by atoms with Crippen molar-refractivity contribution in [3.8, 4) is 0 Å². The number of carbonyl (C=O) groups is 2. The highest BCUT2D eigenvalue weighted by molar-refractivity contribution is 6.45. The van der Waals surface area contributed by atoms with Gasteiger partial charge in [-0.2, -0.15) is 0 Å². The third-order valence-electron chi connectivity index (χ3n) is 1.87. The molecule has 15 heavy (non-hydrogen) atoms. The molecule has 1 atom stereocenters. The van der Waals surface area contributed by atoms with Crippen molar-refractivity contribution in [1.82, 2.24) is 10.6 Å². The van der Waals surface area contributed by atoms with Crippen LogP contribution >= 0.6 is 0 Å². The van der Waals surface area contributed by atoms with Gasteiger partial charge in [-0.25, -0.2) is 4.99 Å². The molecule has 6 nitrogen and oxygen atoms in total. The molecule has 0 bridgehead atoms. The normalized spacial score (nSPS) is 17.7. The fraction of sp³-hybridized carbons (Fsp3) is 0.667. The van der Waals surface area contributed by atoms with E-state index in [1.54, 1.807) is 0 Å². The van der Waals surface area contributed by atoms with Crippen molar-refractivity contribution in [3.05, 3.63) is 0 Å². The van der Waals surface area contributed by atoms with Crippen molar-refractivity contribution in [3.63, 3.8) is 0 Å². The molecule has 1 aliphatic rings. The van der Waals surface area contributed by atoms with Gasteiger partial charge in [0.1, 0.15) is 0 Å². The number of aliphatic imine (C=N–C) groups is 1. The Hall–Kier alpha value is -1.43. The SMILES string of the molecule is CC(C)CC(O)CN=C1NC(=O)C(=O)N1. The lowest BCUT2D eigenvalue weighted by molar-refractivity contribution is -0.135. The maximum atomic E-state index is 10.7. The average Bonchev–Trinajstić information content (AvgIpc) is 2.42. The van der Waals surface area contributed by atoms with Gasteiger partial charge in [-0.05, 0) is 12.3 Å². The molecular formula is C9H15N3O3. The van der Waals surface area contributed by atoms with Gasteiger partial charge in [-0.3, -0.25) is 20.2 Å². The smallest absolute Gasteiger partial charge is 0.316 e. The Morgan fingerprint density at radius 3 is 2.27 bits per heavy atom. The summed E-state index contributed by atoms with van der Waals surface area (Å²) in [5.41, 5.74) is 0. The number of carbonyl (C=O) groups excluding carboxylic acids is 2. The first-order valence-electron chi connectivity index (χ1n) is 4.84. The molecule has 1 unspecified atom stereocenters. The van der Waals surface area contributed by atoms with Crippen LogP contribution in [0.2, 0.25) is 0 Å². The van der Waals surface area contributed by atoms with E-state index in [1.807, 2.05) is 13.8 Å². The number of nitrogens with zero attached hydrogens (tertiary/aromatic N) is 1. The number of rotatable bonds is 4. The lowest BCUT2D eigenvalue weighted by Crippen LogP contribution is -2.27. The van der Waals surface area contributed by atoms with Gasteiger partial charge in [0, 0.05) is 0 Å². The summed E-state index contributed by atoms with van der Waals surface area (Å²) in [6.45, 7) is 4.17. The number of guanidine groups is 1. The predicted octanol–water partition coefficient (Wildman–Crippen LogP) is -1.00. The van der Waals surface area contributed by atoms with Gasteiger partial charge in [-0.1, -0.05) is 13.8 Å². The summed E-state index contributed by atoms with van der Waals surface area (Å²) >= 11 is 0. The highest BCUT2D eigenvalue weighted by Gasteiger charge is 2.25. The van der Waals surface area contributed by atoms with Crippen LogP contribution in [0, 0.1) is 5.92 Å². The minimum atomic E-state index is -0.716. The van der Waals surface area contributed by atoms with E-state index in [9.17, 15) is 14.7 Å². The number of aliphatic hydroxyl groups is 1. The van der Waals surface area contributed by atoms with Gasteiger partial charge in [0.15, 0.2) is 0 Å². The van der Waals surface area contributed by atoms with Crippen LogP contribution in [0.1, 0.15) is 20.3 Å². The van der Waals surface area contributed by atoms with E-state index in [4.69, 9.17) is 0 Å². The molecule has 0 radical (unpaired) electrons. The van der Waals surface area contributed by atoms with Gasteiger partial charge >= 0.3 is 11.8 Å². The van der Waals surface area contributed by atoms with E-state index < -0.39 is 17.9 Å². The second-order valence-electron chi connectivity index (χ2n) is 3.88. The topological polar surface area (TPSA) is 90.8 Å². The third kappa shape index (κ3) is 3.67. The number of hydrogen-bond acceptors (Lipinski definition) is 4. The molecule has 3 N–H and O–H groups in total. The molecule has 0 saturated carbocycles. The maximum absolute atomic E-state index is 10.7. The average molecular weight is 213 g/mol. The molecule has 0 aromatic carbocycles. The molecule has 1 rings (SSSR count). The zero-order valence-corrected chi connectivity index (χ0v) is 8.78. The van der Waals surface area contributed by atoms with Crippen molar-refractivity contribution in [2.75, 3.05) is 6.54 Å². The molecule has 1 fully saturated rings. The Labute approximate surface area is 87.8 Å². The summed E-state index contributed by atoms with van der Waals surface area (Å²) in [6, 6.07) is 0. The van der Waals surface area contributed by atoms with Crippen LogP contribution in [-0.2, 0) is 9.59 Å². The minimum Gasteiger partial charge on any atom is -0.391 e. The first-order valence-corrected chi connectivity index (χ1v) is 4.84. The van der Waals surface area contributed by atoms with Crippen LogP contribution in [0.4, 0.5) is 0 Å². The number of hydrogen-bond donors (Lipinski definition) is 3. The Balaban J connectivity index is 2.39. The van der Waals surface area contributed by atoms with Crippen molar-refractivity contribution in [2.45, 2.75) is 26.4 Å². The van der Waals surface area contributed by atoms with Crippen molar-refractivity contribution in [2.24, 2.45) is 10.9 Å². The molecule has 0 aromatic rings. The third-order valence-corrected chi connectivity index (χ3v) is 1.87. The van der Waals surface area contributed by atoms with E-state index in [2.05, 4.69) is 15.6 Å². The molecule has 1 saturated heterocycles. The van der Waals surface area contributed by atoms with Crippen LogP contribution in [0.25, 0.3) is 0 Å². The fourth-order valence-electron chi connectivity index (χ4n) is 1.25. The Kier molecular flexibility index (Phi) is 3.79. The van der Waals surface area contributed by atoms with E-state index >= 15 is 0 Å². The van der Waals surface area contributed by atoms with Crippen LogP contribution in [0.15, 0.2) is 4.99 Å². The second kappa shape index (κ2) is 4.88. The first kappa shape index (κ1) is 11.6. The summed E-state index contributed by atoms with van der Waals surface area (Å²) in [4.78, 5) is 25.4. The quantitative estimate of drug-likeness (QED) is 0.523. The Morgan fingerprint density at radius 1 is 1.27 bits per heavy atom. The van der Waals surface area contributed by atoms with E-state index in [0.29, 0.717) is 12.3 Å². The van der Waals surface area contributed by atoms with Gasteiger partial charge in [-0.15, -0.1) is 0 Å². The predicted molar refractivity (Wildman–Crippen MR) is 54.0 cm³/mol. The van der Waals surface area contributed by atoms with Crippen molar-refractivity contribution in [1.29, 1.82) is 0 Å². The maximum Gasteiger partial charge on any atom is 0.316 e. The zero-order valence-electron chi connectivity index (χ0n) is 8.78. The number of nitrogens with one attached hydrogen (secondary N) is 2. The van der Waals surface area contributed by atoms with Gasteiger partial charge in [0.2, 0.25) is 5.96 Å².